The summed E-state index contributed by atoms with van der Waals surface area (Å²) in [6, 6.07) is 15.6. The van der Waals surface area contributed by atoms with E-state index in [-0.39, 0.29) is 23.2 Å². The number of amides is 1. The molecule has 0 aliphatic carbocycles. The van der Waals surface area contributed by atoms with E-state index in [1.165, 1.54) is 24.3 Å². The highest BCUT2D eigenvalue weighted by Crippen LogP contribution is 2.25. The van der Waals surface area contributed by atoms with Crippen LogP contribution in [0, 0.1) is 5.82 Å². The molecule has 3 aromatic carbocycles. The van der Waals surface area contributed by atoms with Gasteiger partial charge in [0.2, 0.25) is 0 Å². The molecule has 3 rings (SSSR count). The SMILES string of the molecule is C[C@@H](NC(=O)COC(=O)c1cc2ccccc2cc1O)c1ccc(F)cc1. The highest BCUT2D eigenvalue weighted by atomic mass is 19.1. The molecule has 0 radical (unpaired) electrons. The zero-order chi connectivity index (χ0) is 19.4. The maximum Gasteiger partial charge on any atom is 0.342 e. The van der Waals surface area contributed by atoms with Gasteiger partial charge in [0.15, 0.2) is 6.61 Å². The van der Waals surface area contributed by atoms with Gasteiger partial charge in [-0.15, -0.1) is 0 Å². The quantitative estimate of drug-likeness (QED) is 0.674. The molecule has 0 saturated heterocycles. The van der Waals surface area contributed by atoms with E-state index in [2.05, 4.69) is 5.32 Å². The standard InChI is InChI=1S/C21H18FNO4/c1-13(14-6-8-17(22)9-7-14)23-20(25)12-27-21(26)18-10-15-4-2-3-5-16(15)11-19(18)24/h2-11,13,24H,12H2,1H3,(H,23,25)/t13-/m1/s1. The van der Waals surface area contributed by atoms with E-state index in [9.17, 15) is 19.1 Å². The Kier molecular flexibility index (Phi) is 5.35. The fraction of sp³-hybridized carbons (Fsp3) is 0.143. The van der Waals surface area contributed by atoms with Crippen molar-refractivity contribution in [3.05, 3.63) is 77.6 Å². The van der Waals surface area contributed by atoms with Gasteiger partial charge in [-0.3, -0.25) is 4.79 Å². The van der Waals surface area contributed by atoms with Crippen LogP contribution in [0.5, 0.6) is 5.75 Å². The minimum atomic E-state index is -0.789. The Bertz CT molecular complexity index is 985. The molecule has 0 unspecified atom stereocenters. The minimum absolute atomic E-state index is 0.00640. The molecule has 27 heavy (non-hydrogen) atoms. The van der Waals surface area contributed by atoms with Gasteiger partial charge in [0.1, 0.15) is 17.1 Å². The first-order valence-electron chi connectivity index (χ1n) is 8.38. The topological polar surface area (TPSA) is 75.6 Å². The number of hydrogen-bond acceptors (Lipinski definition) is 4. The lowest BCUT2D eigenvalue weighted by molar-refractivity contribution is -0.124. The number of aromatic hydroxyl groups is 1. The number of halogens is 1. The van der Waals surface area contributed by atoms with E-state index in [1.807, 2.05) is 24.3 Å². The van der Waals surface area contributed by atoms with Crippen LogP contribution in [0.15, 0.2) is 60.7 Å². The smallest absolute Gasteiger partial charge is 0.342 e. The molecule has 0 saturated carbocycles. The van der Waals surface area contributed by atoms with Crippen LogP contribution < -0.4 is 5.32 Å². The monoisotopic (exact) mass is 367 g/mol. The summed E-state index contributed by atoms with van der Waals surface area (Å²) in [6.45, 7) is 1.25. The second kappa shape index (κ2) is 7.86. The van der Waals surface area contributed by atoms with Gasteiger partial charge in [0, 0.05) is 0 Å². The van der Waals surface area contributed by atoms with Crippen LogP contribution in [0.25, 0.3) is 10.8 Å². The number of carbonyl (C=O) groups excluding carboxylic acids is 2. The average Bonchev–Trinajstić information content (AvgIpc) is 2.66. The van der Waals surface area contributed by atoms with Crippen molar-refractivity contribution in [3.8, 4) is 5.75 Å². The van der Waals surface area contributed by atoms with E-state index >= 15 is 0 Å². The molecule has 0 fully saturated rings. The third kappa shape index (κ3) is 4.41. The van der Waals surface area contributed by atoms with Gasteiger partial charge in [-0.2, -0.15) is 0 Å². The maximum atomic E-state index is 12.9. The zero-order valence-electron chi connectivity index (χ0n) is 14.6. The van der Waals surface area contributed by atoms with E-state index in [4.69, 9.17) is 4.74 Å². The molecule has 0 aliphatic heterocycles. The van der Waals surface area contributed by atoms with Gasteiger partial charge in [0.05, 0.1) is 6.04 Å². The van der Waals surface area contributed by atoms with Crippen molar-refractivity contribution in [2.45, 2.75) is 13.0 Å². The van der Waals surface area contributed by atoms with Gasteiger partial charge in [-0.1, -0.05) is 36.4 Å². The highest BCUT2D eigenvalue weighted by Gasteiger charge is 2.16. The molecule has 1 atom stereocenters. The number of nitrogens with one attached hydrogen (secondary N) is 1. The predicted molar refractivity (Wildman–Crippen MR) is 98.9 cm³/mol. The number of phenols is 1. The van der Waals surface area contributed by atoms with Crippen molar-refractivity contribution in [1.82, 2.24) is 5.32 Å². The largest absolute Gasteiger partial charge is 0.507 e. The molecule has 0 spiro atoms. The summed E-state index contributed by atoms with van der Waals surface area (Å²) in [5.74, 6) is -1.86. The third-order valence-corrected chi connectivity index (χ3v) is 4.17. The van der Waals surface area contributed by atoms with Gasteiger partial charge < -0.3 is 15.2 Å². The Labute approximate surface area is 155 Å². The molecule has 138 valence electrons. The Hall–Kier alpha value is -3.41. The van der Waals surface area contributed by atoms with E-state index in [0.29, 0.717) is 0 Å². The van der Waals surface area contributed by atoms with E-state index < -0.39 is 18.5 Å². The molecule has 0 heterocycles. The summed E-state index contributed by atoms with van der Waals surface area (Å²) in [4.78, 5) is 24.2. The van der Waals surface area contributed by atoms with Crippen molar-refractivity contribution in [1.29, 1.82) is 0 Å². The number of rotatable bonds is 5. The van der Waals surface area contributed by atoms with Crippen LogP contribution >= 0.6 is 0 Å². The molecule has 2 N–H and O–H groups in total. The van der Waals surface area contributed by atoms with Gasteiger partial charge in [0.25, 0.3) is 5.91 Å². The zero-order valence-corrected chi connectivity index (χ0v) is 14.6. The molecule has 1 amide bonds. The van der Waals surface area contributed by atoms with Gasteiger partial charge in [-0.25, -0.2) is 9.18 Å². The predicted octanol–water partition coefficient (Wildman–Crippen LogP) is 3.72. The molecular formula is C21H18FNO4. The number of esters is 1. The molecular weight excluding hydrogens is 349 g/mol. The summed E-state index contributed by atoms with van der Waals surface area (Å²) in [6.07, 6.45) is 0. The number of carbonyl (C=O) groups is 2. The molecule has 0 aliphatic rings. The van der Waals surface area contributed by atoms with E-state index in [1.54, 1.807) is 19.1 Å². The third-order valence-electron chi connectivity index (χ3n) is 4.17. The number of ether oxygens (including phenoxy) is 1. The fourth-order valence-corrected chi connectivity index (χ4v) is 2.72. The second-order valence-corrected chi connectivity index (χ2v) is 6.13. The number of phenolic OH excluding ortho intramolecular Hbond substituents is 1. The number of hydrogen-bond donors (Lipinski definition) is 2. The Morgan fingerprint density at radius 1 is 1.07 bits per heavy atom. The summed E-state index contributed by atoms with van der Waals surface area (Å²) in [7, 11) is 0. The van der Waals surface area contributed by atoms with Crippen LogP contribution in [-0.4, -0.2) is 23.6 Å². The Balaban J connectivity index is 1.61. The van der Waals surface area contributed by atoms with Crippen LogP contribution in [0.3, 0.4) is 0 Å². The van der Waals surface area contributed by atoms with Gasteiger partial charge >= 0.3 is 5.97 Å². The van der Waals surface area contributed by atoms with Crippen LogP contribution in [0.1, 0.15) is 28.9 Å². The van der Waals surface area contributed by atoms with Crippen molar-refractivity contribution >= 4 is 22.6 Å². The molecule has 5 nitrogen and oxygen atoms in total. The molecule has 0 bridgehead atoms. The summed E-state index contributed by atoms with van der Waals surface area (Å²) < 4.78 is 18.0. The van der Waals surface area contributed by atoms with E-state index in [0.717, 1.165) is 16.3 Å². The minimum Gasteiger partial charge on any atom is -0.507 e. The highest BCUT2D eigenvalue weighted by molar-refractivity contribution is 5.99. The van der Waals surface area contributed by atoms with Crippen molar-refractivity contribution < 1.29 is 23.8 Å². The number of fused-ring (bicyclic) bond motifs is 1. The lowest BCUT2D eigenvalue weighted by Gasteiger charge is -2.14. The fourth-order valence-electron chi connectivity index (χ4n) is 2.72. The first-order chi connectivity index (χ1) is 12.9. The first kappa shape index (κ1) is 18.4. The van der Waals surface area contributed by atoms with Crippen LogP contribution in [0.2, 0.25) is 0 Å². The second-order valence-electron chi connectivity index (χ2n) is 6.13. The van der Waals surface area contributed by atoms with Crippen LogP contribution in [-0.2, 0) is 9.53 Å². The lowest BCUT2D eigenvalue weighted by Crippen LogP contribution is -2.31. The molecule has 6 heteroatoms. The number of benzene rings is 3. The normalized spacial score (nSPS) is 11.8. The van der Waals surface area contributed by atoms with Crippen LogP contribution in [0.4, 0.5) is 4.39 Å². The summed E-state index contributed by atoms with van der Waals surface area (Å²) in [5.41, 5.74) is 0.719. The van der Waals surface area contributed by atoms with Crippen molar-refractivity contribution in [2.24, 2.45) is 0 Å². The summed E-state index contributed by atoms with van der Waals surface area (Å²) >= 11 is 0. The first-order valence-corrected chi connectivity index (χ1v) is 8.38. The summed E-state index contributed by atoms with van der Waals surface area (Å²) in [5, 5.41) is 14.3. The average molecular weight is 367 g/mol. The lowest BCUT2D eigenvalue weighted by atomic mass is 10.1. The molecule has 3 aromatic rings. The van der Waals surface area contributed by atoms with Crippen molar-refractivity contribution in [3.63, 3.8) is 0 Å². The Morgan fingerprint density at radius 3 is 2.37 bits per heavy atom. The van der Waals surface area contributed by atoms with Gasteiger partial charge in [-0.05, 0) is 47.5 Å². The molecule has 0 aromatic heterocycles. The van der Waals surface area contributed by atoms with Crippen molar-refractivity contribution in [2.75, 3.05) is 6.61 Å². The Morgan fingerprint density at radius 2 is 1.70 bits per heavy atom. The maximum absolute atomic E-state index is 12.9.